The van der Waals surface area contributed by atoms with Gasteiger partial charge in [-0.2, -0.15) is 0 Å². The summed E-state index contributed by atoms with van der Waals surface area (Å²) in [6, 6.07) is 0. The molecule has 0 saturated carbocycles. The first kappa shape index (κ1) is 9.51. The van der Waals surface area contributed by atoms with Crippen molar-refractivity contribution >= 4 is 12.1 Å². The van der Waals surface area contributed by atoms with Crippen molar-refractivity contribution in [2.75, 3.05) is 0 Å². The number of amides is 1. The summed E-state index contributed by atoms with van der Waals surface area (Å²) in [5, 5.41) is 9.65. The van der Waals surface area contributed by atoms with E-state index in [0.29, 0.717) is 12.0 Å². The number of nitrogens with one attached hydrogen (secondary N) is 2. The molecule has 70 valence electrons. The highest BCUT2D eigenvalue weighted by Gasteiger charge is 2.11. The first-order valence-corrected chi connectivity index (χ1v) is 4.10. The van der Waals surface area contributed by atoms with E-state index in [9.17, 15) is 4.79 Å². The Labute approximate surface area is 77.0 Å². The molecule has 1 amide bonds. The molecule has 13 heavy (non-hydrogen) atoms. The standard InChI is InChI=1S/C9H13N3O/c1-6-2-3-7(4-10)8(11)9(13)12-5-6/h4-5,10H,2-3,11H2,1H3,(H,12,13)/b6-5+,8-7-,10-4?. The van der Waals surface area contributed by atoms with Gasteiger partial charge in [-0.3, -0.25) is 4.79 Å². The van der Waals surface area contributed by atoms with E-state index in [-0.39, 0.29) is 11.6 Å². The maximum atomic E-state index is 11.2. The molecule has 0 spiro atoms. The van der Waals surface area contributed by atoms with Crippen molar-refractivity contribution in [2.24, 2.45) is 5.73 Å². The summed E-state index contributed by atoms with van der Waals surface area (Å²) < 4.78 is 0. The second-order valence-electron chi connectivity index (χ2n) is 3.05. The maximum Gasteiger partial charge on any atom is 0.271 e. The SMILES string of the molecule is C/C1=C\NC(=O)/C(N)=C(/C=N)CC1. The molecular formula is C9H13N3O. The molecule has 0 saturated heterocycles. The lowest BCUT2D eigenvalue weighted by atomic mass is 10.0. The van der Waals surface area contributed by atoms with Gasteiger partial charge in [-0.25, -0.2) is 0 Å². The fourth-order valence-corrected chi connectivity index (χ4v) is 1.10. The highest BCUT2D eigenvalue weighted by atomic mass is 16.1. The molecule has 0 fully saturated rings. The van der Waals surface area contributed by atoms with E-state index in [1.165, 1.54) is 0 Å². The summed E-state index contributed by atoms with van der Waals surface area (Å²) in [6.07, 6.45) is 4.29. The van der Waals surface area contributed by atoms with Crippen molar-refractivity contribution in [1.82, 2.24) is 5.32 Å². The van der Waals surface area contributed by atoms with E-state index < -0.39 is 0 Å². The molecular weight excluding hydrogens is 166 g/mol. The Morgan fingerprint density at radius 3 is 2.92 bits per heavy atom. The van der Waals surface area contributed by atoms with Crippen molar-refractivity contribution in [1.29, 1.82) is 5.41 Å². The molecule has 0 aromatic rings. The normalized spacial score (nSPS) is 28.1. The van der Waals surface area contributed by atoms with Crippen LogP contribution in [0.15, 0.2) is 23.0 Å². The van der Waals surface area contributed by atoms with Gasteiger partial charge in [-0.05, 0) is 25.3 Å². The highest BCUT2D eigenvalue weighted by Crippen LogP contribution is 2.13. The minimum absolute atomic E-state index is 0.152. The molecule has 4 N–H and O–H groups in total. The summed E-state index contributed by atoms with van der Waals surface area (Å²) in [6.45, 7) is 1.93. The maximum absolute atomic E-state index is 11.2. The summed E-state index contributed by atoms with van der Waals surface area (Å²) in [5.41, 5.74) is 7.37. The third-order valence-electron chi connectivity index (χ3n) is 2.00. The number of hydrogen-bond acceptors (Lipinski definition) is 3. The minimum Gasteiger partial charge on any atom is -0.394 e. The van der Waals surface area contributed by atoms with Crippen molar-refractivity contribution in [2.45, 2.75) is 19.8 Å². The van der Waals surface area contributed by atoms with Crippen LogP contribution in [0.25, 0.3) is 0 Å². The Hall–Kier alpha value is -1.58. The molecule has 1 aliphatic heterocycles. The summed E-state index contributed by atoms with van der Waals surface area (Å²) in [7, 11) is 0. The Kier molecular flexibility index (Phi) is 2.84. The van der Waals surface area contributed by atoms with Crippen LogP contribution in [0.1, 0.15) is 19.8 Å². The number of hydrogen-bond donors (Lipinski definition) is 3. The van der Waals surface area contributed by atoms with E-state index in [2.05, 4.69) is 5.32 Å². The first-order valence-electron chi connectivity index (χ1n) is 4.10. The number of nitrogens with two attached hydrogens (primary N) is 1. The Morgan fingerprint density at radius 2 is 2.31 bits per heavy atom. The zero-order valence-corrected chi connectivity index (χ0v) is 7.55. The van der Waals surface area contributed by atoms with Crippen LogP contribution in [0.4, 0.5) is 0 Å². The van der Waals surface area contributed by atoms with E-state index in [1.54, 1.807) is 6.20 Å². The van der Waals surface area contributed by atoms with Crippen molar-refractivity contribution in [3.63, 3.8) is 0 Å². The lowest BCUT2D eigenvalue weighted by Crippen LogP contribution is -2.27. The van der Waals surface area contributed by atoms with Gasteiger partial charge >= 0.3 is 0 Å². The van der Waals surface area contributed by atoms with Crippen LogP contribution in [0.3, 0.4) is 0 Å². The van der Waals surface area contributed by atoms with Crippen LogP contribution < -0.4 is 11.1 Å². The predicted octanol–water partition coefficient (Wildman–Crippen LogP) is 0.663. The van der Waals surface area contributed by atoms with Gasteiger partial charge in [0.15, 0.2) is 0 Å². The number of rotatable bonds is 1. The molecule has 0 bridgehead atoms. The largest absolute Gasteiger partial charge is 0.394 e. The van der Waals surface area contributed by atoms with Gasteiger partial charge in [-0.15, -0.1) is 0 Å². The zero-order chi connectivity index (χ0) is 9.84. The fourth-order valence-electron chi connectivity index (χ4n) is 1.10. The van der Waals surface area contributed by atoms with Crippen LogP contribution in [0, 0.1) is 5.41 Å². The van der Waals surface area contributed by atoms with E-state index >= 15 is 0 Å². The zero-order valence-electron chi connectivity index (χ0n) is 7.55. The van der Waals surface area contributed by atoms with E-state index in [4.69, 9.17) is 11.1 Å². The highest BCUT2D eigenvalue weighted by molar-refractivity contribution is 5.99. The first-order chi connectivity index (χ1) is 6.15. The molecule has 1 rings (SSSR count). The van der Waals surface area contributed by atoms with E-state index in [0.717, 1.165) is 18.2 Å². The molecule has 1 heterocycles. The molecule has 4 nitrogen and oxygen atoms in total. The second kappa shape index (κ2) is 3.89. The van der Waals surface area contributed by atoms with Gasteiger partial charge in [0.25, 0.3) is 5.91 Å². The van der Waals surface area contributed by atoms with Crippen LogP contribution >= 0.6 is 0 Å². The number of carbonyl (C=O) groups excluding carboxylic acids is 1. The molecule has 1 aliphatic rings. The monoisotopic (exact) mass is 179 g/mol. The van der Waals surface area contributed by atoms with Gasteiger partial charge < -0.3 is 16.5 Å². The predicted molar refractivity (Wildman–Crippen MR) is 51.1 cm³/mol. The van der Waals surface area contributed by atoms with Crippen molar-refractivity contribution in [3.05, 3.63) is 23.0 Å². The molecule has 0 unspecified atom stereocenters. The van der Waals surface area contributed by atoms with Crippen LogP contribution in [0.2, 0.25) is 0 Å². The lowest BCUT2D eigenvalue weighted by Gasteiger charge is -2.11. The van der Waals surface area contributed by atoms with E-state index in [1.807, 2.05) is 6.92 Å². The van der Waals surface area contributed by atoms with Gasteiger partial charge in [0.05, 0.1) is 0 Å². The molecule has 0 aromatic heterocycles. The summed E-state index contributed by atoms with van der Waals surface area (Å²) >= 11 is 0. The van der Waals surface area contributed by atoms with Crippen molar-refractivity contribution < 1.29 is 4.79 Å². The van der Waals surface area contributed by atoms with Crippen molar-refractivity contribution in [3.8, 4) is 0 Å². The Bertz CT molecular complexity index is 302. The smallest absolute Gasteiger partial charge is 0.271 e. The van der Waals surface area contributed by atoms with Gasteiger partial charge in [0, 0.05) is 12.4 Å². The lowest BCUT2D eigenvalue weighted by molar-refractivity contribution is -0.116. The quantitative estimate of drug-likeness (QED) is 0.517. The van der Waals surface area contributed by atoms with Crippen LogP contribution in [-0.4, -0.2) is 12.1 Å². The summed E-state index contributed by atoms with van der Waals surface area (Å²) in [4.78, 5) is 11.2. The third-order valence-corrected chi connectivity index (χ3v) is 2.00. The third kappa shape index (κ3) is 2.18. The number of carbonyl (C=O) groups is 1. The number of allylic oxidation sites excluding steroid dienone is 2. The van der Waals surface area contributed by atoms with Crippen LogP contribution in [-0.2, 0) is 4.79 Å². The second-order valence-corrected chi connectivity index (χ2v) is 3.05. The van der Waals surface area contributed by atoms with Gasteiger partial charge in [0.1, 0.15) is 5.70 Å². The molecule has 0 aromatic carbocycles. The van der Waals surface area contributed by atoms with Gasteiger partial charge in [-0.1, -0.05) is 5.57 Å². The Morgan fingerprint density at radius 1 is 1.62 bits per heavy atom. The molecule has 4 heteroatoms. The molecule has 0 atom stereocenters. The van der Waals surface area contributed by atoms with Crippen LogP contribution in [0.5, 0.6) is 0 Å². The topological polar surface area (TPSA) is 79.0 Å². The van der Waals surface area contributed by atoms with Gasteiger partial charge in [0.2, 0.25) is 0 Å². The minimum atomic E-state index is -0.322. The fraction of sp³-hybridized carbons (Fsp3) is 0.333. The Balaban J connectivity index is 2.94. The molecule has 0 aliphatic carbocycles. The average molecular weight is 179 g/mol. The average Bonchev–Trinajstić information content (AvgIpc) is 2.13. The summed E-state index contributed by atoms with van der Waals surface area (Å²) in [5.74, 6) is -0.322. The molecule has 0 radical (unpaired) electrons.